The topological polar surface area (TPSA) is 160 Å². The molecule has 0 saturated carbocycles. The summed E-state index contributed by atoms with van der Waals surface area (Å²) in [6.45, 7) is 1.52. The van der Waals surface area contributed by atoms with Crippen molar-refractivity contribution in [3.8, 4) is 6.07 Å². The molecule has 12 nitrogen and oxygen atoms in total. The van der Waals surface area contributed by atoms with Crippen LogP contribution in [0.15, 0.2) is 52.9 Å². The van der Waals surface area contributed by atoms with Crippen molar-refractivity contribution in [1.29, 1.82) is 5.26 Å². The lowest BCUT2D eigenvalue weighted by molar-refractivity contribution is -0.385. The number of oxazole rings is 1. The van der Waals surface area contributed by atoms with E-state index in [0.717, 1.165) is 0 Å². The number of anilines is 1. The van der Waals surface area contributed by atoms with E-state index in [1.54, 1.807) is 23.1 Å². The van der Waals surface area contributed by atoms with Crippen molar-refractivity contribution in [3.63, 3.8) is 0 Å². The van der Waals surface area contributed by atoms with Crippen LogP contribution in [0.4, 0.5) is 17.3 Å². The number of hydrogen-bond acceptors (Lipinski definition) is 9. The molecule has 1 aliphatic heterocycles. The molecule has 0 N–H and O–H groups in total. The van der Waals surface area contributed by atoms with Gasteiger partial charge in [0.1, 0.15) is 6.07 Å². The van der Waals surface area contributed by atoms with Gasteiger partial charge in [-0.25, -0.2) is 0 Å². The number of hydrogen-bond donors (Lipinski definition) is 0. The van der Waals surface area contributed by atoms with E-state index in [1.165, 1.54) is 42.5 Å². The fourth-order valence-electron chi connectivity index (χ4n) is 3.62. The van der Waals surface area contributed by atoms with Crippen molar-refractivity contribution >= 4 is 35.3 Å². The molecule has 0 aliphatic carbocycles. The van der Waals surface area contributed by atoms with Gasteiger partial charge in [0.2, 0.25) is 17.5 Å². The Hall–Kier alpha value is -5.05. The predicted molar refractivity (Wildman–Crippen MR) is 124 cm³/mol. The standard InChI is InChI=1S/C23H18N6O6/c24-15-20-23(35-21(25-20)9-4-16-2-1-3-19(14-16)29(33)34)27-12-10-26(11-13-27)22(30)17-5-7-18(8-6-17)28(31)32/h1-9,14H,10-13H2/b9-4+. The summed E-state index contributed by atoms with van der Waals surface area (Å²) in [7, 11) is 0. The van der Waals surface area contributed by atoms with Gasteiger partial charge in [-0.05, 0) is 23.8 Å². The number of carbonyl (C=O) groups excluding carboxylic acids is 1. The minimum absolute atomic E-state index is 0.0425. The molecule has 1 amide bonds. The van der Waals surface area contributed by atoms with Gasteiger partial charge in [-0.3, -0.25) is 25.0 Å². The number of benzene rings is 2. The quantitative estimate of drug-likeness (QED) is 0.385. The second-order valence-electron chi connectivity index (χ2n) is 7.59. The average Bonchev–Trinajstić information content (AvgIpc) is 3.31. The molecule has 176 valence electrons. The molecule has 4 rings (SSSR count). The van der Waals surface area contributed by atoms with E-state index in [0.29, 0.717) is 37.3 Å². The van der Waals surface area contributed by atoms with E-state index in [1.807, 2.05) is 11.0 Å². The Morgan fingerprint density at radius 1 is 1.00 bits per heavy atom. The Bertz CT molecular complexity index is 1350. The summed E-state index contributed by atoms with van der Waals surface area (Å²) in [6.07, 6.45) is 3.13. The highest BCUT2D eigenvalue weighted by Crippen LogP contribution is 2.25. The van der Waals surface area contributed by atoms with Gasteiger partial charge in [0, 0.05) is 62.1 Å². The van der Waals surface area contributed by atoms with Crippen molar-refractivity contribution in [2.45, 2.75) is 0 Å². The molecule has 35 heavy (non-hydrogen) atoms. The van der Waals surface area contributed by atoms with Crippen LogP contribution in [0.3, 0.4) is 0 Å². The van der Waals surface area contributed by atoms with E-state index in [-0.39, 0.29) is 34.8 Å². The third-order valence-electron chi connectivity index (χ3n) is 5.41. The normalized spacial score (nSPS) is 13.6. The van der Waals surface area contributed by atoms with Crippen LogP contribution in [0.5, 0.6) is 0 Å². The van der Waals surface area contributed by atoms with E-state index in [9.17, 15) is 30.3 Å². The zero-order chi connectivity index (χ0) is 24.9. The highest BCUT2D eigenvalue weighted by atomic mass is 16.6. The van der Waals surface area contributed by atoms with Gasteiger partial charge in [-0.15, -0.1) is 0 Å². The molecule has 1 fully saturated rings. The lowest BCUT2D eigenvalue weighted by Crippen LogP contribution is -2.48. The van der Waals surface area contributed by atoms with Crippen molar-refractivity contribution in [1.82, 2.24) is 9.88 Å². The first-order valence-electron chi connectivity index (χ1n) is 10.5. The van der Waals surface area contributed by atoms with Crippen LogP contribution in [0.2, 0.25) is 0 Å². The molecule has 0 radical (unpaired) electrons. The van der Waals surface area contributed by atoms with Crippen molar-refractivity contribution in [2.24, 2.45) is 0 Å². The molecular weight excluding hydrogens is 456 g/mol. The number of aromatic nitrogens is 1. The van der Waals surface area contributed by atoms with Crippen molar-refractivity contribution in [2.75, 3.05) is 31.1 Å². The van der Waals surface area contributed by atoms with Crippen molar-refractivity contribution < 1.29 is 19.1 Å². The maximum absolute atomic E-state index is 12.7. The Morgan fingerprint density at radius 3 is 2.31 bits per heavy atom. The summed E-state index contributed by atoms with van der Waals surface area (Å²) < 4.78 is 5.76. The van der Waals surface area contributed by atoms with Crippen LogP contribution < -0.4 is 4.90 Å². The number of carbonyl (C=O) groups is 1. The van der Waals surface area contributed by atoms with E-state index in [2.05, 4.69) is 4.98 Å². The van der Waals surface area contributed by atoms with Crippen molar-refractivity contribution in [3.05, 3.63) is 91.5 Å². The first kappa shape index (κ1) is 23.1. The summed E-state index contributed by atoms with van der Waals surface area (Å²) in [5.41, 5.74) is 0.903. The number of rotatable bonds is 6. The summed E-state index contributed by atoms with van der Waals surface area (Å²) >= 11 is 0. The van der Waals surface area contributed by atoms with Crippen LogP contribution in [0, 0.1) is 31.6 Å². The SMILES string of the molecule is N#Cc1nc(/C=C/c2cccc([N+](=O)[O-])c2)oc1N1CCN(C(=O)c2ccc([N+](=O)[O-])cc2)CC1. The Balaban J connectivity index is 1.43. The number of amides is 1. The van der Waals surface area contributed by atoms with Crippen LogP contribution >= 0.6 is 0 Å². The molecule has 1 aliphatic rings. The predicted octanol–water partition coefficient (Wildman–Crippen LogP) is 3.50. The molecule has 2 heterocycles. The maximum Gasteiger partial charge on any atom is 0.270 e. The smallest absolute Gasteiger partial charge is 0.270 e. The zero-order valence-electron chi connectivity index (χ0n) is 18.2. The minimum atomic E-state index is -0.523. The second-order valence-corrected chi connectivity index (χ2v) is 7.59. The van der Waals surface area contributed by atoms with E-state index < -0.39 is 9.85 Å². The fourth-order valence-corrected chi connectivity index (χ4v) is 3.62. The lowest BCUT2D eigenvalue weighted by Gasteiger charge is -2.34. The van der Waals surface area contributed by atoms with Gasteiger partial charge in [0.25, 0.3) is 17.3 Å². The number of non-ortho nitro benzene ring substituents is 2. The van der Waals surface area contributed by atoms with Gasteiger partial charge in [0.15, 0.2) is 0 Å². The second kappa shape index (κ2) is 9.84. The molecule has 12 heteroatoms. The lowest BCUT2D eigenvalue weighted by atomic mass is 10.1. The Morgan fingerprint density at radius 2 is 1.69 bits per heavy atom. The monoisotopic (exact) mass is 474 g/mol. The maximum atomic E-state index is 12.7. The number of nitro groups is 2. The largest absolute Gasteiger partial charge is 0.420 e. The summed E-state index contributed by atoms with van der Waals surface area (Å²) in [6, 6.07) is 13.5. The Labute approximate surface area is 198 Å². The zero-order valence-corrected chi connectivity index (χ0v) is 18.2. The molecular formula is C23H18N6O6. The third-order valence-corrected chi connectivity index (χ3v) is 5.41. The molecule has 1 saturated heterocycles. The number of nitro benzene ring substituents is 2. The number of piperazine rings is 1. The summed E-state index contributed by atoms with van der Waals surface area (Å²) in [5.74, 6) is 0.222. The van der Waals surface area contributed by atoms with Gasteiger partial charge in [-0.2, -0.15) is 10.2 Å². The third kappa shape index (κ3) is 5.14. The van der Waals surface area contributed by atoms with Crippen LogP contribution in [-0.2, 0) is 0 Å². The number of nitrogens with zero attached hydrogens (tertiary/aromatic N) is 6. The van der Waals surface area contributed by atoms with Crippen LogP contribution in [0.25, 0.3) is 12.2 Å². The molecule has 1 aromatic heterocycles. The minimum Gasteiger partial charge on any atom is -0.420 e. The summed E-state index contributed by atoms with van der Waals surface area (Å²) in [4.78, 5) is 41.1. The fraction of sp³-hybridized carbons (Fsp3) is 0.174. The first-order chi connectivity index (χ1) is 16.9. The molecule has 0 spiro atoms. The molecule has 0 atom stereocenters. The van der Waals surface area contributed by atoms with Gasteiger partial charge < -0.3 is 14.2 Å². The molecule has 0 unspecified atom stereocenters. The van der Waals surface area contributed by atoms with E-state index >= 15 is 0 Å². The highest BCUT2D eigenvalue weighted by molar-refractivity contribution is 5.94. The summed E-state index contributed by atoms with van der Waals surface area (Å²) in [5, 5.41) is 31.2. The van der Waals surface area contributed by atoms with E-state index in [4.69, 9.17) is 4.42 Å². The average molecular weight is 474 g/mol. The van der Waals surface area contributed by atoms with Crippen LogP contribution in [-0.4, -0.2) is 51.8 Å². The van der Waals surface area contributed by atoms with Crippen LogP contribution in [0.1, 0.15) is 27.5 Å². The van der Waals surface area contributed by atoms with Gasteiger partial charge in [-0.1, -0.05) is 12.1 Å². The highest BCUT2D eigenvalue weighted by Gasteiger charge is 2.26. The molecule has 0 bridgehead atoms. The first-order valence-corrected chi connectivity index (χ1v) is 10.5. The van der Waals surface area contributed by atoms with Gasteiger partial charge in [0.05, 0.1) is 9.85 Å². The Kier molecular flexibility index (Phi) is 6.50. The molecule has 3 aromatic rings. The molecule has 2 aromatic carbocycles. The van der Waals surface area contributed by atoms with Gasteiger partial charge >= 0.3 is 0 Å². The number of nitriles is 1.